The number of nitrogens with one attached hydrogen (secondary N) is 1. The van der Waals surface area contributed by atoms with Crippen LogP contribution in [0.1, 0.15) is 29.6 Å². The van der Waals surface area contributed by atoms with Crippen LogP contribution in [0.2, 0.25) is 0 Å². The lowest BCUT2D eigenvalue weighted by molar-refractivity contribution is 0.0997. The van der Waals surface area contributed by atoms with Gasteiger partial charge in [0.2, 0.25) is 0 Å². The molecule has 1 aliphatic rings. The molecule has 1 saturated heterocycles. The zero-order valence-electron chi connectivity index (χ0n) is 17.3. The van der Waals surface area contributed by atoms with Gasteiger partial charge in [-0.25, -0.2) is 0 Å². The lowest BCUT2D eigenvalue weighted by Crippen LogP contribution is -2.29. The number of aromatic nitrogens is 1. The minimum Gasteiger partial charge on any atom is -0.497 e. The van der Waals surface area contributed by atoms with Gasteiger partial charge in [0.05, 0.1) is 25.3 Å². The number of benzene rings is 2. The van der Waals surface area contributed by atoms with Crippen LogP contribution < -0.4 is 25.4 Å². The molecular weight excluding hydrogens is 380 g/mol. The summed E-state index contributed by atoms with van der Waals surface area (Å²) in [5, 5.41) is 4.25. The number of pyridine rings is 1. The number of primary amides is 1. The molecule has 4 rings (SSSR count). The number of ether oxygens (including phenoxy) is 2. The van der Waals surface area contributed by atoms with Crippen molar-refractivity contribution in [2.24, 2.45) is 5.73 Å². The van der Waals surface area contributed by atoms with Crippen molar-refractivity contribution in [3.8, 4) is 11.5 Å². The lowest BCUT2D eigenvalue weighted by atomic mass is 10.1. The molecule has 7 nitrogen and oxygen atoms in total. The fraction of sp³-hybridized carbons (Fsp3) is 0.304. The van der Waals surface area contributed by atoms with E-state index in [2.05, 4.69) is 27.3 Å². The molecule has 3 N–H and O–H groups in total. The number of hydrogen-bond donors (Lipinski definition) is 2. The number of fused-ring (bicyclic) bond motifs is 1. The first-order chi connectivity index (χ1) is 14.6. The Morgan fingerprint density at radius 3 is 2.57 bits per heavy atom. The minimum atomic E-state index is -0.544. The third-order valence-electron chi connectivity index (χ3n) is 5.46. The van der Waals surface area contributed by atoms with E-state index in [0.717, 1.165) is 41.3 Å². The molecule has 2 aromatic carbocycles. The summed E-state index contributed by atoms with van der Waals surface area (Å²) in [4.78, 5) is 18.7. The van der Waals surface area contributed by atoms with Gasteiger partial charge in [-0.2, -0.15) is 0 Å². The highest BCUT2D eigenvalue weighted by Crippen LogP contribution is 2.34. The van der Waals surface area contributed by atoms with E-state index in [4.69, 9.17) is 15.2 Å². The van der Waals surface area contributed by atoms with Crippen LogP contribution in [0.25, 0.3) is 10.9 Å². The Morgan fingerprint density at radius 1 is 1.07 bits per heavy atom. The molecule has 0 saturated carbocycles. The molecule has 0 unspecified atom stereocenters. The fourth-order valence-corrected chi connectivity index (χ4v) is 3.91. The van der Waals surface area contributed by atoms with E-state index >= 15 is 0 Å². The second-order valence-corrected chi connectivity index (χ2v) is 7.38. The van der Waals surface area contributed by atoms with E-state index in [9.17, 15) is 4.79 Å². The molecule has 30 heavy (non-hydrogen) atoms. The van der Waals surface area contributed by atoms with Crippen LogP contribution in [0.3, 0.4) is 0 Å². The van der Waals surface area contributed by atoms with Crippen LogP contribution in [0, 0.1) is 0 Å². The van der Waals surface area contributed by atoms with Crippen LogP contribution >= 0.6 is 0 Å². The Kier molecular flexibility index (Phi) is 5.61. The Labute approximate surface area is 175 Å². The Bertz CT molecular complexity index is 1080. The summed E-state index contributed by atoms with van der Waals surface area (Å²) in [7, 11) is 3.18. The number of carbonyl (C=O) groups is 1. The molecule has 0 atom stereocenters. The van der Waals surface area contributed by atoms with Crippen molar-refractivity contribution in [2.75, 3.05) is 37.5 Å². The first-order valence-electron chi connectivity index (χ1n) is 10.1. The van der Waals surface area contributed by atoms with Gasteiger partial charge in [-0.05, 0) is 37.5 Å². The van der Waals surface area contributed by atoms with E-state index < -0.39 is 5.91 Å². The van der Waals surface area contributed by atoms with Gasteiger partial charge in [-0.1, -0.05) is 0 Å². The number of carbonyl (C=O) groups excluding carboxylic acids is 1. The smallest absolute Gasteiger partial charge is 0.252 e. The SMILES string of the molecule is COc1cc(Nc2ccnc3cc(OC)c(C(N)=O)cc23)cc(N2CCCCC2)c1. The minimum absolute atomic E-state index is 0.320. The summed E-state index contributed by atoms with van der Waals surface area (Å²) in [6, 6.07) is 11.5. The predicted octanol–water partition coefficient (Wildman–Crippen LogP) is 4.08. The molecule has 1 amide bonds. The van der Waals surface area contributed by atoms with Gasteiger partial charge in [0, 0.05) is 59.9 Å². The molecule has 3 aromatic rings. The van der Waals surface area contributed by atoms with Gasteiger partial charge < -0.3 is 25.4 Å². The second-order valence-electron chi connectivity index (χ2n) is 7.38. The quantitative estimate of drug-likeness (QED) is 0.641. The molecule has 7 heteroatoms. The first-order valence-corrected chi connectivity index (χ1v) is 10.1. The Balaban J connectivity index is 1.75. The summed E-state index contributed by atoms with van der Waals surface area (Å²) < 4.78 is 10.8. The molecule has 1 fully saturated rings. The monoisotopic (exact) mass is 406 g/mol. The molecule has 0 radical (unpaired) electrons. The summed E-state index contributed by atoms with van der Waals surface area (Å²) in [5.74, 6) is 0.657. The van der Waals surface area contributed by atoms with E-state index in [1.807, 2.05) is 12.1 Å². The summed E-state index contributed by atoms with van der Waals surface area (Å²) in [6.07, 6.45) is 5.40. The number of nitrogens with zero attached hydrogens (tertiary/aromatic N) is 2. The molecule has 2 heterocycles. The van der Waals surface area contributed by atoms with Crippen LogP contribution in [0.4, 0.5) is 17.1 Å². The van der Waals surface area contributed by atoms with Crippen molar-refractivity contribution in [1.29, 1.82) is 0 Å². The van der Waals surface area contributed by atoms with Gasteiger partial charge >= 0.3 is 0 Å². The van der Waals surface area contributed by atoms with Crippen LogP contribution in [0.5, 0.6) is 11.5 Å². The largest absolute Gasteiger partial charge is 0.497 e. The van der Waals surface area contributed by atoms with E-state index in [1.54, 1.807) is 25.4 Å². The molecule has 0 bridgehead atoms. The van der Waals surface area contributed by atoms with E-state index in [1.165, 1.54) is 26.4 Å². The summed E-state index contributed by atoms with van der Waals surface area (Å²) in [6.45, 7) is 2.10. The Hall–Kier alpha value is -3.48. The zero-order valence-corrected chi connectivity index (χ0v) is 17.3. The molecule has 0 spiro atoms. The number of hydrogen-bond acceptors (Lipinski definition) is 6. The van der Waals surface area contributed by atoms with Gasteiger partial charge in [0.25, 0.3) is 5.91 Å². The first kappa shape index (κ1) is 19.8. The van der Waals surface area contributed by atoms with E-state index in [-0.39, 0.29) is 0 Å². The maximum Gasteiger partial charge on any atom is 0.252 e. The highest BCUT2D eigenvalue weighted by Gasteiger charge is 2.15. The number of rotatable bonds is 6. The average Bonchev–Trinajstić information content (AvgIpc) is 2.78. The van der Waals surface area contributed by atoms with Crippen molar-refractivity contribution >= 4 is 33.9 Å². The number of nitrogens with two attached hydrogens (primary N) is 1. The van der Waals surface area contributed by atoms with Gasteiger partial charge in [-0.15, -0.1) is 0 Å². The van der Waals surface area contributed by atoms with Crippen LogP contribution in [-0.4, -0.2) is 38.2 Å². The van der Waals surface area contributed by atoms with Gasteiger partial charge in [0.1, 0.15) is 11.5 Å². The van der Waals surface area contributed by atoms with Crippen molar-refractivity contribution < 1.29 is 14.3 Å². The molecule has 0 aliphatic carbocycles. The number of amides is 1. The van der Waals surface area contributed by atoms with Crippen molar-refractivity contribution in [3.63, 3.8) is 0 Å². The standard InChI is InChI=1S/C23H26N4O3/c1-29-17-11-15(10-16(12-17)27-8-4-3-5-9-27)26-20-6-7-25-21-14-22(30-2)19(23(24)28)13-18(20)21/h6-7,10-14H,3-5,8-9H2,1-2H3,(H2,24,28)(H,25,26). The topological polar surface area (TPSA) is 89.7 Å². The zero-order chi connectivity index (χ0) is 21.1. The summed E-state index contributed by atoms with van der Waals surface area (Å²) in [5.41, 5.74) is 9.43. The normalized spacial score (nSPS) is 13.9. The number of anilines is 3. The second kappa shape index (κ2) is 8.49. The lowest BCUT2D eigenvalue weighted by Gasteiger charge is -2.29. The third kappa shape index (κ3) is 3.96. The van der Waals surface area contributed by atoms with Crippen molar-refractivity contribution in [2.45, 2.75) is 19.3 Å². The van der Waals surface area contributed by atoms with Crippen molar-refractivity contribution in [1.82, 2.24) is 4.98 Å². The number of methoxy groups -OCH3 is 2. The maximum atomic E-state index is 11.9. The van der Waals surface area contributed by atoms with Crippen LogP contribution in [0.15, 0.2) is 42.6 Å². The molecule has 1 aliphatic heterocycles. The number of piperidine rings is 1. The van der Waals surface area contributed by atoms with Crippen LogP contribution in [-0.2, 0) is 0 Å². The summed E-state index contributed by atoms with van der Waals surface area (Å²) >= 11 is 0. The van der Waals surface area contributed by atoms with Gasteiger partial charge in [-0.3, -0.25) is 9.78 Å². The predicted molar refractivity (Wildman–Crippen MR) is 119 cm³/mol. The van der Waals surface area contributed by atoms with Crippen molar-refractivity contribution in [3.05, 3.63) is 48.2 Å². The fourth-order valence-electron chi connectivity index (χ4n) is 3.91. The maximum absolute atomic E-state index is 11.9. The molecular formula is C23H26N4O3. The third-order valence-corrected chi connectivity index (χ3v) is 5.46. The Morgan fingerprint density at radius 2 is 1.87 bits per heavy atom. The van der Waals surface area contributed by atoms with E-state index in [0.29, 0.717) is 16.8 Å². The average molecular weight is 406 g/mol. The highest BCUT2D eigenvalue weighted by atomic mass is 16.5. The molecule has 156 valence electrons. The molecule has 1 aromatic heterocycles. The highest BCUT2D eigenvalue weighted by molar-refractivity contribution is 6.03. The van der Waals surface area contributed by atoms with Gasteiger partial charge in [0.15, 0.2) is 0 Å².